The third-order valence-electron chi connectivity index (χ3n) is 4.87. The molecule has 1 atom stereocenters. The third kappa shape index (κ3) is 6.27. The number of para-hydroxylation sites is 2. The maximum absolute atomic E-state index is 12.1. The molecule has 0 saturated carbocycles. The average Bonchev–Trinajstić information content (AvgIpc) is 2.68. The fourth-order valence-corrected chi connectivity index (χ4v) is 3.49. The summed E-state index contributed by atoms with van der Waals surface area (Å²) in [5.74, 6) is 1.11. The minimum atomic E-state index is -0.444. The van der Waals surface area contributed by atoms with Gasteiger partial charge in [-0.3, -0.25) is 15.0 Å². The van der Waals surface area contributed by atoms with Crippen LogP contribution >= 0.6 is 0 Å². The van der Waals surface area contributed by atoms with E-state index in [1.54, 1.807) is 0 Å². The Bertz CT molecular complexity index is 719. The van der Waals surface area contributed by atoms with Crippen molar-refractivity contribution < 1.29 is 19.1 Å². The molecule has 1 aliphatic heterocycles. The van der Waals surface area contributed by atoms with Crippen molar-refractivity contribution in [2.75, 3.05) is 33.3 Å². The van der Waals surface area contributed by atoms with Crippen LogP contribution in [0.3, 0.4) is 0 Å². The van der Waals surface area contributed by atoms with E-state index in [9.17, 15) is 9.59 Å². The van der Waals surface area contributed by atoms with Crippen molar-refractivity contribution in [3.8, 4) is 11.5 Å². The van der Waals surface area contributed by atoms with E-state index in [0.717, 1.165) is 25.0 Å². The zero-order chi connectivity index (χ0) is 19.8. The third-order valence-corrected chi connectivity index (χ3v) is 4.87. The van der Waals surface area contributed by atoms with Crippen LogP contribution in [0, 0.1) is 0 Å². The number of nitrogens with one attached hydrogen (secondary N) is 2. The van der Waals surface area contributed by atoms with E-state index in [0.29, 0.717) is 25.4 Å². The second-order valence-electron chi connectivity index (χ2n) is 7.36. The van der Waals surface area contributed by atoms with E-state index < -0.39 is 6.03 Å². The molecule has 1 unspecified atom stereocenters. The van der Waals surface area contributed by atoms with Crippen molar-refractivity contribution in [1.29, 1.82) is 0 Å². The van der Waals surface area contributed by atoms with Crippen molar-refractivity contribution in [3.05, 3.63) is 35.9 Å². The van der Waals surface area contributed by atoms with Crippen molar-refractivity contribution in [2.45, 2.75) is 38.2 Å². The van der Waals surface area contributed by atoms with E-state index in [1.165, 1.54) is 18.4 Å². The van der Waals surface area contributed by atoms with Gasteiger partial charge in [-0.15, -0.1) is 0 Å². The maximum Gasteiger partial charge on any atom is 0.321 e. The Morgan fingerprint density at radius 3 is 2.82 bits per heavy atom. The molecule has 7 heteroatoms. The van der Waals surface area contributed by atoms with Gasteiger partial charge in [0.15, 0.2) is 11.5 Å². The van der Waals surface area contributed by atoms with Crippen LogP contribution < -0.4 is 20.1 Å². The molecule has 1 aromatic carbocycles. The number of benzene rings is 1. The van der Waals surface area contributed by atoms with Gasteiger partial charge in [0.25, 0.3) is 0 Å². The van der Waals surface area contributed by atoms with Crippen molar-refractivity contribution in [1.82, 2.24) is 15.5 Å². The first-order valence-corrected chi connectivity index (χ1v) is 9.93. The Morgan fingerprint density at radius 1 is 1.21 bits per heavy atom. The smallest absolute Gasteiger partial charge is 0.321 e. The molecule has 152 valence electrons. The molecule has 0 bridgehead atoms. The van der Waals surface area contributed by atoms with E-state index in [4.69, 9.17) is 9.47 Å². The predicted molar refractivity (Wildman–Crippen MR) is 107 cm³/mol. The van der Waals surface area contributed by atoms with Gasteiger partial charge < -0.3 is 14.8 Å². The molecule has 2 aliphatic rings. The molecule has 3 rings (SSSR count). The summed E-state index contributed by atoms with van der Waals surface area (Å²) in [5, 5.41) is 5.13. The summed E-state index contributed by atoms with van der Waals surface area (Å²) in [6.07, 6.45) is 7.68. The van der Waals surface area contributed by atoms with Crippen molar-refractivity contribution in [3.63, 3.8) is 0 Å². The van der Waals surface area contributed by atoms with Gasteiger partial charge in [0.05, 0.1) is 6.54 Å². The van der Waals surface area contributed by atoms with Gasteiger partial charge in [0, 0.05) is 13.1 Å². The molecule has 28 heavy (non-hydrogen) atoms. The summed E-state index contributed by atoms with van der Waals surface area (Å²) >= 11 is 0. The van der Waals surface area contributed by atoms with Gasteiger partial charge >= 0.3 is 6.03 Å². The van der Waals surface area contributed by atoms with Gasteiger partial charge in [0.1, 0.15) is 12.7 Å². The summed E-state index contributed by atoms with van der Waals surface area (Å²) in [7, 11) is 1.82. The number of imide groups is 1. The van der Waals surface area contributed by atoms with Gasteiger partial charge in [0.2, 0.25) is 5.91 Å². The largest absolute Gasteiger partial charge is 0.486 e. The summed E-state index contributed by atoms with van der Waals surface area (Å²) in [6, 6.07) is 7.08. The Balaban J connectivity index is 1.32. The van der Waals surface area contributed by atoms with Crippen molar-refractivity contribution in [2.24, 2.45) is 0 Å². The van der Waals surface area contributed by atoms with E-state index in [2.05, 4.69) is 16.7 Å². The molecule has 1 aliphatic carbocycles. The molecule has 0 aromatic heterocycles. The summed E-state index contributed by atoms with van der Waals surface area (Å²) < 4.78 is 11.6. The number of ether oxygens (including phenoxy) is 2. The Kier molecular flexibility index (Phi) is 7.31. The Hall–Kier alpha value is -2.54. The Morgan fingerprint density at radius 2 is 2.04 bits per heavy atom. The molecular weight excluding hydrogens is 358 g/mol. The lowest BCUT2D eigenvalue weighted by atomic mass is 9.97. The SMILES string of the molecule is CN(CC(=O)NC(=O)NCCC1=CCCCC1)CC1COc2ccccc2O1. The predicted octanol–water partition coefficient (Wildman–Crippen LogP) is 2.47. The summed E-state index contributed by atoms with van der Waals surface area (Å²) in [5.41, 5.74) is 1.40. The molecule has 0 spiro atoms. The van der Waals surface area contributed by atoms with Crippen molar-refractivity contribution >= 4 is 11.9 Å². The fraction of sp³-hybridized carbons (Fsp3) is 0.524. The number of allylic oxidation sites excluding steroid dienone is 1. The number of hydrogen-bond acceptors (Lipinski definition) is 5. The number of carbonyl (C=O) groups excluding carboxylic acids is 2. The second-order valence-corrected chi connectivity index (χ2v) is 7.36. The number of likely N-dealkylation sites (N-methyl/N-ethyl adjacent to an activating group) is 1. The summed E-state index contributed by atoms with van der Waals surface area (Å²) in [4.78, 5) is 25.8. The first kappa shape index (κ1) is 20.2. The van der Waals surface area contributed by atoms with Crippen LogP contribution in [-0.4, -0.2) is 56.2 Å². The molecule has 7 nitrogen and oxygen atoms in total. The minimum absolute atomic E-state index is 0.111. The van der Waals surface area contributed by atoms with E-state index in [-0.39, 0.29) is 18.6 Å². The molecule has 1 aromatic rings. The Labute approximate surface area is 166 Å². The molecule has 0 saturated heterocycles. The molecular formula is C21H29N3O4. The highest BCUT2D eigenvalue weighted by molar-refractivity contribution is 5.95. The molecule has 3 amide bonds. The van der Waals surface area contributed by atoms with Crippen LogP contribution in [0.15, 0.2) is 35.9 Å². The number of amides is 3. The standard InChI is InChI=1S/C21H29N3O4/c1-24(13-17-15-27-18-9-5-6-10-19(18)28-17)14-20(25)23-21(26)22-12-11-16-7-3-2-4-8-16/h5-7,9-10,17H,2-4,8,11-15H2,1H3,(H2,22,23,25,26). The van der Waals surface area contributed by atoms with Crippen LogP contribution in [0.25, 0.3) is 0 Å². The van der Waals surface area contributed by atoms with E-state index >= 15 is 0 Å². The highest BCUT2D eigenvalue weighted by Gasteiger charge is 2.22. The highest BCUT2D eigenvalue weighted by Crippen LogP contribution is 2.30. The van der Waals surface area contributed by atoms with Crippen LogP contribution in [0.4, 0.5) is 4.79 Å². The lowest BCUT2D eigenvalue weighted by molar-refractivity contribution is -0.121. The molecule has 1 heterocycles. The normalized spacial score (nSPS) is 18.4. The van der Waals surface area contributed by atoms with Crippen LogP contribution in [0.2, 0.25) is 0 Å². The number of fused-ring (bicyclic) bond motifs is 1. The monoisotopic (exact) mass is 387 g/mol. The van der Waals surface area contributed by atoms with E-state index in [1.807, 2.05) is 36.2 Å². The molecule has 2 N–H and O–H groups in total. The number of hydrogen-bond donors (Lipinski definition) is 2. The van der Waals surface area contributed by atoms with Gasteiger partial charge in [-0.25, -0.2) is 4.79 Å². The molecule has 0 radical (unpaired) electrons. The number of urea groups is 1. The van der Waals surface area contributed by atoms with Crippen LogP contribution in [-0.2, 0) is 4.79 Å². The average molecular weight is 387 g/mol. The molecule has 0 fully saturated rings. The fourth-order valence-electron chi connectivity index (χ4n) is 3.49. The summed E-state index contributed by atoms with van der Waals surface area (Å²) in [6.45, 7) is 1.62. The zero-order valence-electron chi connectivity index (χ0n) is 16.4. The number of carbonyl (C=O) groups is 2. The first-order valence-electron chi connectivity index (χ1n) is 9.93. The topological polar surface area (TPSA) is 79.9 Å². The highest BCUT2D eigenvalue weighted by atomic mass is 16.6. The number of nitrogens with zero attached hydrogens (tertiary/aromatic N) is 1. The second kappa shape index (κ2) is 10.1. The number of rotatable bonds is 7. The lowest BCUT2D eigenvalue weighted by Crippen LogP contribution is -2.46. The van der Waals surface area contributed by atoms with Crippen LogP contribution in [0.5, 0.6) is 11.5 Å². The zero-order valence-corrected chi connectivity index (χ0v) is 16.4. The minimum Gasteiger partial charge on any atom is -0.486 e. The van der Waals surface area contributed by atoms with Gasteiger partial charge in [-0.05, 0) is 51.3 Å². The first-order chi connectivity index (χ1) is 13.6. The van der Waals surface area contributed by atoms with Crippen LogP contribution in [0.1, 0.15) is 32.1 Å². The van der Waals surface area contributed by atoms with Gasteiger partial charge in [-0.2, -0.15) is 0 Å². The van der Waals surface area contributed by atoms with Gasteiger partial charge in [-0.1, -0.05) is 23.8 Å². The maximum atomic E-state index is 12.1. The lowest BCUT2D eigenvalue weighted by Gasteiger charge is -2.29. The quantitative estimate of drug-likeness (QED) is 0.703.